The van der Waals surface area contributed by atoms with Crippen molar-refractivity contribution in [3.05, 3.63) is 34.9 Å². The number of nitrogens with two attached hydrogens (primary N) is 1. The second-order valence-electron chi connectivity index (χ2n) is 3.61. The van der Waals surface area contributed by atoms with Gasteiger partial charge >= 0.3 is 0 Å². The smallest absolute Gasteiger partial charge is 0.179 e. The molecule has 0 spiro atoms. The van der Waals surface area contributed by atoms with Gasteiger partial charge in [0.2, 0.25) is 0 Å². The Morgan fingerprint density at radius 3 is 2.62 bits per heavy atom. The molecule has 1 aromatic carbocycles. The third kappa shape index (κ3) is 3.93. The first-order chi connectivity index (χ1) is 7.65. The molecule has 0 aromatic heterocycles. The maximum atomic E-state index is 11.8. The molecule has 1 atom stereocenters. The van der Waals surface area contributed by atoms with Crippen LogP contribution in [0.15, 0.2) is 24.3 Å². The van der Waals surface area contributed by atoms with Crippen LogP contribution in [0, 0.1) is 0 Å². The summed E-state index contributed by atoms with van der Waals surface area (Å²) in [6.45, 7) is 0.627. The predicted octanol–water partition coefficient (Wildman–Crippen LogP) is 2.28. The first-order valence-electron chi connectivity index (χ1n) is 5.19. The van der Waals surface area contributed by atoms with E-state index in [-0.39, 0.29) is 5.78 Å². The zero-order valence-corrected chi connectivity index (χ0v) is 10.0. The van der Waals surface area contributed by atoms with Crippen molar-refractivity contribution in [1.29, 1.82) is 0 Å². The number of rotatable bonds is 6. The average Bonchev–Trinajstić information content (AvgIpc) is 2.29. The molecule has 3 nitrogen and oxygen atoms in total. The highest BCUT2D eigenvalue weighted by molar-refractivity contribution is 6.30. The van der Waals surface area contributed by atoms with Gasteiger partial charge in [-0.25, -0.2) is 0 Å². The summed E-state index contributed by atoms with van der Waals surface area (Å²) < 4.78 is 4.91. The number of Topliss-reactive ketones (excluding diaryl/α,β-unsaturated/α-hetero) is 1. The Kier molecular flexibility index (Phi) is 5.46. The number of hydrogen-bond donors (Lipinski definition) is 1. The molecule has 0 aliphatic rings. The Labute approximate surface area is 101 Å². The van der Waals surface area contributed by atoms with E-state index >= 15 is 0 Å². The Bertz CT molecular complexity index is 337. The quantitative estimate of drug-likeness (QED) is 0.614. The van der Waals surface area contributed by atoms with Crippen LogP contribution < -0.4 is 5.73 Å². The van der Waals surface area contributed by atoms with Crippen LogP contribution in [-0.4, -0.2) is 25.5 Å². The first kappa shape index (κ1) is 13.2. The van der Waals surface area contributed by atoms with Crippen molar-refractivity contribution in [3.63, 3.8) is 0 Å². The summed E-state index contributed by atoms with van der Waals surface area (Å²) >= 11 is 5.74. The van der Waals surface area contributed by atoms with Crippen molar-refractivity contribution in [3.8, 4) is 0 Å². The molecule has 1 aromatic rings. The van der Waals surface area contributed by atoms with E-state index < -0.39 is 6.04 Å². The van der Waals surface area contributed by atoms with Gasteiger partial charge < -0.3 is 10.5 Å². The van der Waals surface area contributed by atoms with E-state index in [0.717, 1.165) is 6.42 Å². The summed E-state index contributed by atoms with van der Waals surface area (Å²) in [7, 11) is 1.63. The SMILES string of the molecule is COCCCC(N)C(=O)c1ccc(Cl)cc1. The highest BCUT2D eigenvalue weighted by Crippen LogP contribution is 2.12. The third-order valence-electron chi connectivity index (χ3n) is 2.33. The van der Waals surface area contributed by atoms with Crippen LogP contribution in [0.4, 0.5) is 0 Å². The summed E-state index contributed by atoms with van der Waals surface area (Å²) in [4.78, 5) is 11.8. The van der Waals surface area contributed by atoms with Gasteiger partial charge in [0.15, 0.2) is 5.78 Å². The molecule has 0 saturated heterocycles. The number of carbonyl (C=O) groups is 1. The second-order valence-corrected chi connectivity index (χ2v) is 4.05. The molecule has 4 heteroatoms. The minimum absolute atomic E-state index is 0.0484. The monoisotopic (exact) mass is 241 g/mol. The highest BCUT2D eigenvalue weighted by Gasteiger charge is 2.14. The van der Waals surface area contributed by atoms with Crippen LogP contribution in [-0.2, 0) is 4.74 Å². The molecule has 88 valence electrons. The van der Waals surface area contributed by atoms with E-state index in [9.17, 15) is 4.79 Å². The zero-order valence-electron chi connectivity index (χ0n) is 9.28. The van der Waals surface area contributed by atoms with E-state index in [2.05, 4.69) is 0 Å². The van der Waals surface area contributed by atoms with Crippen LogP contribution >= 0.6 is 11.6 Å². The summed E-state index contributed by atoms with van der Waals surface area (Å²) in [6.07, 6.45) is 1.42. The van der Waals surface area contributed by atoms with Crippen molar-refractivity contribution in [1.82, 2.24) is 0 Å². The number of ether oxygens (including phenoxy) is 1. The number of ketones is 1. The third-order valence-corrected chi connectivity index (χ3v) is 2.58. The Hall–Kier alpha value is -0.900. The molecule has 1 unspecified atom stereocenters. The van der Waals surface area contributed by atoms with Gasteiger partial charge in [-0.15, -0.1) is 0 Å². The maximum Gasteiger partial charge on any atom is 0.179 e. The minimum Gasteiger partial charge on any atom is -0.385 e. The Balaban J connectivity index is 2.53. The van der Waals surface area contributed by atoms with Gasteiger partial charge in [0.1, 0.15) is 0 Å². The summed E-state index contributed by atoms with van der Waals surface area (Å²) in [5.74, 6) is -0.0484. The average molecular weight is 242 g/mol. The van der Waals surface area contributed by atoms with E-state index in [1.165, 1.54) is 0 Å². The predicted molar refractivity (Wildman–Crippen MR) is 64.9 cm³/mol. The number of hydrogen-bond acceptors (Lipinski definition) is 3. The summed E-state index contributed by atoms with van der Waals surface area (Å²) in [5.41, 5.74) is 6.40. The van der Waals surface area contributed by atoms with E-state index in [0.29, 0.717) is 23.6 Å². The molecular formula is C12H16ClNO2. The molecule has 0 aliphatic carbocycles. The fourth-order valence-electron chi connectivity index (χ4n) is 1.41. The number of methoxy groups -OCH3 is 1. The first-order valence-corrected chi connectivity index (χ1v) is 5.57. The molecule has 0 saturated carbocycles. The summed E-state index contributed by atoms with van der Waals surface area (Å²) in [5, 5.41) is 0.615. The zero-order chi connectivity index (χ0) is 12.0. The molecular weight excluding hydrogens is 226 g/mol. The van der Waals surface area contributed by atoms with Gasteiger partial charge in [-0.3, -0.25) is 4.79 Å². The molecule has 0 fully saturated rings. The normalized spacial score (nSPS) is 12.4. The Morgan fingerprint density at radius 2 is 2.06 bits per heavy atom. The van der Waals surface area contributed by atoms with Gasteiger partial charge in [0.25, 0.3) is 0 Å². The highest BCUT2D eigenvalue weighted by atomic mass is 35.5. The maximum absolute atomic E-state index is 11.8. The second kappa shape index (κ2) is 6.63. The molecule has 0 aliphatic heterocycles. The fraction of sp³-hybridized carbons (Fsp3) is 0.417. The molecule has 2 N–H and O–H groups in total. The molecule has 0 bridgehead atoms. The van der Waals surface area contributed by atoms with Crippen molar-refractivity contribution in [2.45, 2.75) is 18.9 Å². The number of benzene rings is 1. The lowest BCUT2D eigenvalue weighted by molar-refractivity contribution is 0.0950. The topological polar surface area (TPSA) is 52.3 Å². The van der Waals surface area contributed by atoms with Gasteiger partial charge in [-0.05, 0) is 37.1 Å². The standard InChI is InChI=1S/C12H16ClNO2/c1-16-8-2-3-11(14)12(15)9-4-6-10(13)7-5-9/h4-7,11H,2-3,8,14H2,1H3. The van der Waals surface area contributed by atoms with Gasteiger partial charge in [-0.1, -0.05) is 11.6 Å². The van der Waals surface area contributed by atoms with Crippen LogP contribution in [0.2, 0.25) is 5.02 Å². The molecule has 0 radical (unpaired) electrons. The lowest BCUT2D eigenvalue weighted by atomic mass is 10.0. The molecule has 1 rings (SSSR count). The van der Waals surface area contributed by atoms with Crippen LogP contribution in [0.25, 0.3) is 0 Å². The number of carbonyl (C=O) groups excluding carboxylic acids is 1. The molecule has 16 heavy (non-hydrogen) atoms. The van der Waals surface area contributed by atoms with Crippen LogP contribution in [0.3, 0.4) is 0 Å². The molecule has 0 amide bonds. The van der Waals surface area contributed by atoms with Gasteiger partial charge in [0, 0.05) is 24.3 Å². The van der Waals surface area contributed by atoms with Crippen molar-refractivity contribution in [2.75, 3.05) is 13.7 Å². The number of halogens is 1. The van der Waals surface area contributed by atoms with E-state index in [4.69, 9.17) is 22.1 Å². The van der Waals surface area contributed by atoms with E-state index in [1.807, 2.05) is 0 Å². The van der Waals surface area contributed by atoms with Crippen molar-refractivity contribution < 1.29 is 9.53 Å². The van der Waals surface area contributed by atoms with E-state index in [1.54, 1.807) is 31.4 Å². The fourth-order valence-corrected chi connectivity index (χ4v) is 1.53. The minimum atomic E-state index is -0.462. The van der Waals surface area contributed by atoms with Crippen LogP contribution in [0.1, 0.15) is 23.2 Å². The largest absolute Gasteiger partial charge is 0.385 e. The van der Waals surface area contributed by atoms with Gasteiger partial charge in [-0.2, -0.15) is 0 Å². The Morgan fingerprint density at radius 1 is 1.44 bits per heavy atom. The lowest BCUT2D eigenvalue weighted by Crippen LogP contribution is -2.30. The van der Waals surface area contributed by atoms with Crippen molar-refractivity contribution in [2.24, 2.45) is 5.73 Å². The summed E-state index contributed by atoms with van der Waals surface area (Å²) in [6, 6.07) is 6.31. The van der Waals surface area contributed by atoms with Crippen molar-refractivity contribution >= 4 is 17.4 Å². The lowest BCUT2D eigenvalue weighted by Gasteiger charge is -2.10. The molecule has 0 heterocycles. The van der Waals surface area contributed by atoms with Gasteiger partial charge in [0.05, 0.1) is 6.04 Å². The van der Waals surface area contributed by atoms with Crippen LogP contribution in [0.5, 0.6) is 0 Å².